The molecule has 0 saturated carbocycles. The standard InChI is InChI=1S/C28H30FN5O9/c1-13-31-21-7-3-14(9-17(21)26(39)32-13)12-34(2)15-4-5-16(19(29)10-15)25(38)33-22(28(42)43)11-18(27(40)41)24(37)20(30)6-8-23(35)36/h3-5,7,9-10,18,20,22H,6,8,11-12,30H2,1-2H3,(H,33,38)(H,35,36)(H,40,41)(H,42,43)(H,31,32,39)/t18?,20-,22-/m0/s1. The number of rotatable bonds is 14. The van der Waals surface area contributed by atoms with Gasteiger partial charge in [0.1, 0.15) is 23.6 Å². The number of anilines is 1. The average molecular weight is 600 g/mol. The molecule has 3 atom stereocenters. The summed E-state index contributed by atoms with van der Waals surface area (Å²) in [4.78, 5) is 80.3. The fraction of sp³-hybridized carbons (Fsp3) is 0.321. The minimum absolute atomic E-state index is 0.258. The number of aromatic amines is 1. The molecule has 3 aromatic rings. The molecule has 0 radical (unpaired) electrons. The highest BCUT2D eigenvalue weighted by Gasteiger charge is 2.36. The van der Waals surface area contributed by atoms with Gasteiger partial charge in [0.15, 0.2) is 5.78 Å². The van der Waals surface area contributed by atoms with E-state index in [0.29, 0.717) is 22.4 Å². The molecule has 2 aromatic carbocycles. The molecule has 0 aliphatic heterocycles. The molecule has 7 N–H and O–H groups in total. The number of Topliss-reactive ketones (excluding diaryl/α,β-unsaturated/α-hetero) is 1. The Balaban J connectivity index is 1.73. The zero-order valence-electron chi connectivity index (χ0n) is 23.2. The minimum Gasteiger partial charge on any atom is -0.481 e. The number of hydrogen-bond donors (Lipinski definition) is 6. The highest BCUT2D eigenvalue weighted by atomic mass is 19.1. The lowest BCUT2D eigenvalue weighted by Gasteiger charge is -2.22. The van der Waals surface area contributed by atoms with E-state index in [1.165, 1.54) is 6.07 Å². The number of nitrogens with zero attached hydrogens (tertiary/aromatic N) is 2. The van der Waals surface area contributed by atoms with Gasteiger partial charge >= 0.3 is 17.9 Å². The summed E-state index contributed by atoms with van der Waals surface area (Å²) >= 11 is 0. The SMILES string of the molecule is Cc1nc2ccc(CN(C)c3ccc(C(=O)N[C@@H](CC(C(=O)O)C(=O)[C@@H](N)CCC(=O)O)C(=O)O)c(F)c3)cc2c(=O)[nH]1. The maximum Gasteiger partial charge on any atom is 0.326 e. The summed E-state index contributed by atoms with van der Waals surface area (Å²) in [5.41, 5.74) is 6.38. The molecule has 0 aliphatic carbocycles. The number of carboxylic acids is 3. The number of carbonyl (C=O) groups is 5. The van der Waals surface area contributed by atoms with Crippen LogP contribution in [0.25, 0.3) is 10.9 Å². The number of aliphatic carboxylic acids is 3. The molecule has 0 aliphatic rings. The van der Waals surface area contributed by atoms with Gasteiger partial charge in [0.2, 0.25) is 0 Å². The van der Waals surface area contributed by atoms with Gasteiger partial charge in [-0.3, -0.25) is 24.0 Å². The van der Waals surface area contributed by atoms with Gasteiger partial charge in [-0.15, -0.1) is 0 Å². The van der Waals surface area contributed by atoms with Crippen molar-refractivity contribution >= 4 is 46.2 Å². The third-order valence-electron chi connectivity index (χ3n) is 6.70. The van der Waals surface area contributed by atoms with Crippen molar-refractivity contribution in [2.24, 2.45) is 11.7 Å². The van der Waals surface area contributed by atoms with E-state index in [2.05, 4.69) is 9.97 Å². The third kappa shape index (κ3) is 8.19. The van der Waals surface area contributed by atoms with Crippen LogP contribution in [0.1, 0.15) is 41.0 Å². The molecule has 228 valence electrons. The molecular weight excluding hydrogens is 569 g/mol. The Morgan fingerprint density at radius 3 is 2.37 bits per heavy atom. The minimum atomic E-state index is -1.96. The lowest BCUT2D eigenvalue weighted by Crippen LogP contribution is -2.47. The van der Waals surface area contributed by atoms with Crippen LogP contribution in [0.3, 0.4) is 0 Å². The number of hydrogen-bond acceptors (Lipinski definition) is 9. The summed E-state index contributed by atoms with van der Waals surface area (Å²) in [6.07, 6.45) is -1.78. The molecule has 1 aromatic heterocycles. The van der Waals surface area contributed by atoms with Crippen molar-refractivity contribution in [3.05, 3.63) is 69.5 Å². The van der Waals surface area contributed by atoms with E-state index in [0.717, 1.165) is 17.7 Å². The second kappa shape index (κ2) is 13.7. The van der Waals surface area contributed by atoms with Gasteiger partial charge in [0, 0.05) is 25.7 Å². The molecule has 0 saturated heterocycles. The van der Waals surface area contributed by atoms with Gasteiger partial charge in [-0.05, 0) is 55.7 Å². The maximum atomic E-state index is 15.0. The van der Waals surface area contributed by atoms with Crippen molar-refractivity contribution in [2.75, 3.05) is 11.9 Å². The van der Waals surface area contributed by atoms with Gasteiger partial charge in [-0.25, -0.2) is 14.2 Å². The van der Waals surface area contributed by atoms with Gasteiger partial charge in [-0.2, -0.15) is 0 Å². The number of amides is 1. The molecule has 14 nitrogen and oxygen atoms in total. The van der Waals surface area contributed by atoms with Crippen LogP contribution in [0.5, 0.6) is 0 Å². The lowest BCUT2D eigenvalue weighted by atomic mass is 9.90. The van der Waals surface area contributed by atoms with Crippen LogP contribution in [0.15, 0.2) is 41.2 Å². The number of carboxylic acid groups (broad SMARTS) is 3. The number of carbonyl (C=O) groups excluding carboxylic acids is 2. The Morgan fingerprint density at radius 2 is 1.77 bits per heavy atom. The van der Waals surface area contributed by atoms with Crippen molar-refractivity contribution in [3.63, 3.8) is 0 Å². The molecule has 15 heteroatoms. The summed E-state index contributed by atoms with van der Waals surface area (Å²) in [5.74, 6) is -9.40. The summed E-state index contributed by atoms with van der Waals surface area (Å²) < 4.78 is 15.0. The number of aryl methyl sites for hydroxylation is 1. The monoisotopic (exact) mass is 599 g/mol. The molecule has 0 fully saturated rings. The van der Waals surface area contributed by atoms with E-state index in [9.17, 15) is 39.0 Å². The molecule has 0 spiro atoms. The normalized spacial score (nSPS) is 13.1. The quantitative estimate of drug-likeness (QED) is 0.143. The van der Waals surface area contributed by atoms with E-state index < -0.39 is 71.8 Å². The molecule has 1 heterocycles. The number of ketones is 1. The van der Waals surface area contributed by atoms with E-state index >= 15 is 4.39 Å². The van der Waals surface area contributed by atoms with Gasteiger partial charge in [0.25, 0.3) is 11.5 Å². The predicted octanol–water partition coefficient (Wildman–Crippen LogP) is 1.04. The number of aromatic nitrogens is 2. The highest BCUT2D eigenvalue weighted by molar-refractivity contribution is 6.02. The van der Waals surface area contributed by atoms with E-state index in [4.69, 9.17) is 10.8 Å². The van der Waals surface area contributed by atoms with Crippen molar-refractivity contribution < 1.29 is 43.7 Å². The first-order chi connectivity index (χ1) is 20.2. The van der Waals surface area contributed by atoms with Crippen LogP contribution in [-0.4, -0.2) is 74.0 Å². The van der Waals surface area contributed by atoms with Gasteiger partial charge in [0.05, 0.1) is 22.5 Å². The first-order valence-corrected chi connectivity index (χ1v) is 13.0. The van der Waals surface area contributed by atoms with Crippen molar-refractivity contribution in [1.29, 1.82) is 0 Å². The molecule has 3 rings (SSSR count). The zero-order valence-corrected chi connectivity index (χ0v) is 23.2. The van der Waals surface area contributed by atoms with Crippen LogP contribution in [0, 0.1) is 18.7 Å². The fourth-order valence-corrected chi connectivity index (χ4v) is 4.40. The fourth-order valence-electron chi connectivity index (χ4n) is 4.40. The van der Waals surface area contributed by atoms with Crippen LogP contribution in [-0.2, 0) is 25.7 Å². The molecular formula is C28H30FN5O9. The maximum absolute atomic E-state index is 15.0. The lowest BCUT2D eigenvalue weighted by molar-refractivity contribution is -0.148. The Bertz CT molecular complexity index is 1640. The average Bonchev–Trinajstić information content (AvgIpc) is 2.93. The van der Waals surface area contributed by atoms with Crippen LogP contribution < -0.4 is 21.5 Å². The summed E-state index contributed by atoms with van der Waals surface area (Å²) in [5, 5.41) is 30.2. The first kappa shape index (κ1) is 32.3. The topological polar surface area (TPSA) is 233 Å². The smallest absolute Gasteiger partial charge is 0.326 e. The van der Waals surface area contributed by atoms with Crippen LogP contribution in [0.4, 0.5) is 10.1 Å². The summed E-state index contributed by atoms with van der Waals surface area (Å²) in [6, 6.07) is 5.32. The Morgan fingerprint density at radius 1 is 1.07 bits per heavy atom. The molecule has 1 amide bonds. The number of benzene rings is 2. The summed E-state index contributed by atoms with van der Waals surface area (Å²) in [6.45, 7) is 1.93. The van der Waals surface area contributed by atoms with E-state index in [1.807, 2.05) is 5.32 Å². The predicted molar refractivity (Wildman–Crippen MR) is 150 cm³/mol. The molecule has 0 bridgehead atoms. The largest absolute Gasteiger partial charge is 0.481 e. The molecule has 1 unspecified atom stereocenters. The number of nitrogens with one attached hydrogen (secondary N) is 2. The number of fused-ring (bicyclic) bond motifs is 1. The van der Waals surface area contributed by atoms with Gasteiger partial charge in [-0.1, -0.05) is 6.07 Å². The Kier molecular flexibility index (Phi) is 10.3. The number of H-pyrrole nitrogens is 1. The Hall–Kier alpha value is -5.18. The zero-order chi connectivity index (χ0) is 32.0. The third-order valence-corrected chi connectivity index (χ3v) is 6.70. The second-order valence-corrected chi connectivity index (χ2v) is 9.96. The van der Waals surface area contributed by atoms with Crippen molar-refractivity contribution in [1.82, 2.24) is 15.3 Å². The van der Waals surface area contributed by atoms with Crippen molar-refractivity contribution in [2.45, 2.75) is 44.8 Å². The number of halogens is 1. The first-order valence-electron chi connectivity index (χ1n) is 13.0. The molecule has 43 heavy (non-hydrogen) atoms. The summed E-state index contributed by atoms with van der Waals surface area (Å²) in [7, 11) is 1.65. The van der Waals surface area contributed by atoms with Gasteiger partial charge < -0.3 is 36.3 Å². The van der Waals surface area contributed by atoms with Crippen LogP contribution >= 0.6 is 0 Å². The van der Waals surface area contributed by atoms with Crippen molar-refractivity contribution in [3.8, 4) is 0 Å². The van der Waals surface area contributed by atoms with Crippen LogP contribution in [0.2, 0.25) is 0 Å². The number of nitrogens with two attached hydrogens (primary N) is 1. The van der Waals surface area contributed by atoms with E-state index in [1.54, 1.807) is 37.1 Å². The second-order valence-electron chi connectivity index (χ2n) is 9.96. The Labute approximate surface area is 243 Å². The highest BCUT2D eigenvalue weighted by Crippen LogP contribution is 2.21. The van der Waals surface area contributed by atoms with E-state index in [-0.39, 0.29) is 18.5 Å².